The summed E-state index contributed by atoms with van der Waals surface area (Å²) in [5.74, 6) is 0.758. The first-order valence-electron chi connectivity index (χ1n) is 7.92. The van der Waals surface area contributed by atoms with Crippen LogP contribution in [0.5, 0.6) is 0 Å². The van der Waals surface area contributed by atoms with Gasteiger partial charge in [0.25, 0.3) is 0 Å². The molecule has 0 aliphatic carbocycles. The fourth-order valence-electron chi connectivity index (χ4n) is 3.14. The number of ether oxygens (including phenoxy) is 1. The first kappa shape index (κ1) is 16.9. The summed E-state index contributed by atoms with van der Waals surface area (Å²) in [7, 11) is 1.83. The third-order valence-electron chi connectivity index (χ3n) is 4.63. The molecule has 1 aliphatic rings. The van der Waals surface area contributed by atoms with Crippen molar-refractivity contribution in [2.45, 2.75) is 59.0 Å². The molecule has 0 saturated carbocycles. The van der Waals surface area contributed by atoms with E-state index in [-0.39, 0.29) is 0 Å². The van der Waals surface area contributed by atoms with Crippen molar-refractivity contribution in [3.8, 4) is 0 Å². The Kier molecular flexibility index (Phi) is 7.33. The van der Waals surface area contributed by atoms with Crippen LogP contribution in [-0.4, -0.2) is 44.3 Å². The van der Waals surface area contributed by atoms with Crippen molar-refractivity contribution < 1.29 is 4.74 Å². The van der Waals surface area contributed by atoms with Crippen LogP contribution in [0, 0.1) is 11.3 Å². The molecule has 3 nitrogen and oxygen atoms in total. The third-order valence-corrected chi connectivity index (χ3v) is 4.63. The Morgan fingerprint density at radius 3 is 2.32 bits per heavy atom. The molecule has 19 heavy (non-hydrogen) atoms. The Bertz CT molecular complexity index is 229. The number of methoxy groups -OCH3 is 1. The number of likely N-dealkylation sites (tertiary alicyclic amines) is 1. The van der Waals surface area contributed by atoms with E-state index in [2.05, 4.69) is 25.7 Å². The zero-order valence-corrected chi connectivity index (χ0v) is 13.5. The minimum atomic E-state index is 0.391. The second kappa shape index (κ2) is 8.23. The molecule has 2 N–H and O–H groups in total. The minimum absolute atomic E-state index is 0.391. The van der Waals surface area contributed by atoms with E-state index in [0.29, 0.717) is 11.5 Å². The maximum atomic E-state index is 5.75. The lowest BCUT2D eigenvalue weighted by Gasteiger charge is -2.33. The molecular weight excluding hydrogens is 236 g/mol. The predicted octanol–water partition coefficient (Wildman–Crippen LogP) is 2.89. The van der Waals surface area contributed by atoms with Crippen molar-refractivity contribution in [2.75, 3.05) is 33.3 Å². The van der Waals surface area contributed by atoms with Gasteiger partial charge in [-0.2, -0.15) is 0 Å². The van der Waals surface area contributed by atoms with Gasteiger partial charge in [0, 0.05) is 20.2 Å². The maximum Gasteiger partial charge on any atom is 0.0595 e. The summed E-state index contributed by atoms with van der Waals surface area (Å²) in [6, 6.07) is 0. The van der Waals surface area contributed by atoms with Crippen molar-refractivity contribution in [2.24, 2.45) is 17.1 Å². The molecule has 1 aliphatic heterocycles. The minimum Gasteiger partial charge on any atom is -0.381 e. The normalized spacial score (nSPS) is 20.7. The Morgan fingerprint density at radius 1 is 1.21 bits per heavy atom. The van der Waals surface area contributed by atoms with E-state index in [1.807, 2.05) is 7.11 Å². The van der Waals surface area contributed by atoms with E-state index in [1.54, 1.807) is 0 Å². The van der Waals surface area contributed by atoms with Crippen molar-refractivity contribution in [3.05, 3.63) is 0 Å². The van der Waals surface area contributed by atoms with Gasteiger partial charge in [0.05, 0.1) is 6.10 Å². The zero-order valence-electron chi connectivity index (χ0n) is 13.5. The molecule has 0 aromatic carbocycles. The van der Waals surface area contributed by atoms with Crippen molar-refractivity contribution in [3.63, 3.8) is 0 Å². The largest absolute Gasteiger partial charge is 0.381 e. The van der Waals surface area contributed by atoms with Crippen LogP contribution in [0.25, 0.3) is 0 Å². The Hall–Kier alpha value is -0.120. The van der Waals surface area contributed by atoms with Gasteiger partial charge < -0.3 is 15.4 Å². The standard InChI is InChI=1S/C16H34N2O/c1-16(2,3)14(7-10-17)6-5-11-18-12-8-15(19-4)9-13-18/h14-15H,5-13,17H2,1-4H3. The maximum absolute atomic E-state index is 5.75. The van der Waals surface area contributed by atoms with Crippen LogP contribution in [0.4, 0.5) is 0 Å². The average Bonchev–Trinajstić information content (AvgIpc) is 2.37. The number of hydrogen-bond donors (Lipinski definition) is 1. The highest BCUT2D eigenvalue weighted by molar-refractivity contribution is 4.76. The summed E-state index contributed by atoms with van der Waals surface area (Å²) >= 11 is 0. The molecule has 3 heteroatoms. The van der Waals surface area contributed by atoms with E-state index >= 15 is 0 Å². The number of nitrogens with zero attached hydrogens (tertiary/aromatic N) is 1. The molecule has 114 valence electrons. The molecule has 0 bridgehead atoms. The van der Waals surface area contributed by atoms with Gasteiger partial charge in [-0.25, -0.2) is 0 Å². The topological polar surface area (TPSA) is 38.5 Å². The molecule has 0 aromatic heterocycles. The molecule has 0 amide bonds. The van der Waals surface area contributed by atoms with Gasteiger partial charge in [0.2, 0.25) is 0 Å². The van der Waals surface area contributed by atoms with Crippen LogP contribution >= 0.6 is 0 Å². The van der Waals surface area contributed by atoms with E-state index in [0.717, 1.165) is 18.9 Å². The molecule has 1 heterocycles. The van der Waals surface area contributed by atoms with Crippen molar-refractivity contribution in [1.29, 1.82) is 0 Å². The van der Waals surface area contributed by atoms with Gasteiger partial charge in [0.1, 0.15) is 0 Å². The lowest BCUT2D eigenvalue weighted by Crippen LogP contribution is -2.37. The quantitative estimate of drug-likeness (QED) is 0.773. The van der Waals surface area contributed by atoms with Gasteiger partial charge >= 0.3 is 0 Å². The van der Waals surface area contributed by atoms with E-state index in [4.69, 9.17) is 10.5 Å². The number of hydrogen-bond acceptors (Lipinski definition) is 3. The zero-order chi connectivity index (χ0) is 14.3. The Balaban J connectivity index is 2.22. The fraction of sp³-hybridized carbons (Fsp3) is 1.00. The average molecular weight is 270 g/mol. The monoisotopic (exact) mass is 270 g/mol. The van der Waals surface area contributed by atoms with Crippen LogP contribution in [0.1, 0.15) is 52.9 Å². The van der Waals surface area contributed by atoms with Gasteiger partial charge in [-0.05, 0) is 56.5 Å². The first-order valence-corrected chi connectivity index (χ1v) is 7.92. The van der Waals surface area contributed by atoms with Crippen LogP contribution in [0.15, 0.2) is 0 Å². The molecule has 1 saturated heterocycles. The van der Waals surface area contributed by atoms with Crippen molar-refractivity contribution >= 4 is 0 Å². The summed E-state index contributed by atoms with van der Waals surface area (Å²) in [5, 5.41) is 0. The fourth-order valence-corrected chi connectivity index (χ4v) is 3.14. The Morgan fingerprint density at radius 2 is 1.84 bits per heavy atom. The van der Waals surface area contributed by atoms with Crippen molar-refractivity contribution in [1.82, 2.24) is 4.90 Å². The Labute approximate surface area is 119 Å². The van der Waals surface area contributed by atoms with Gasteiger partial charge in [-0.15, -0.1) is 0 Å². The summed E-state index contributed by atoms with van der Waals surface area (Å²) in [5.41, 5.74) is 6.14. The highest BCUT2D eigenvalue weighted by Gasteiger charge is 2.24. The second-order valence-corrected chi connectivity index (χ2v) is 7.06. The van der Waals surface area contributed by atoms with E-state index in [9.17, 15) is 0 Å². The highest BCUT2D eigenvalue weighted by atomic mass is 16.5. The highest BCUT2D eigenvalue weighted by Crippen LogP contribution is 2.32. The summed E-state index contributed by atoms with van der Waals surface area (Å²) in [4.78, 5) is 2.59. The number of piperidine rings is 1. The second-order valence-electron chi connectivity index (χ2n) is 7.06. The molecule has 1 atom stereocenters. The third kappa shape index (κ3) is 6.24. The molecule has 1 unspecified atom stereocenters. The molecular formula is C16H34N2O. The molecule has 1 rings (SSSR count). The first-order chi connectivity index (χ1) is 8.97. The smallest absolute Gasteiger partial charge is 0.0595 e. The van der Waals surface area contributed by atoms with Gasteiger partial charge in [-0.3, -0.25) is 0 Å². The van der Waals surface area contributed by atoms with Crippen LogP contribution in [-0.2, 0) is 4.74 Å². The number of nitrogens with two attached hydrogens (primary N) is 1. The predicted molar refractivity (Wildman–Crippen MR) is 82.3 cm³/mol. The SMILES string of the molecule is COC1CCN(CCCC(CCN)C(C)(C)C)CC1. The lowest BCUT2D eigenvalue weighted by molar-refractivity contribution is 0.0398. The van der Waals surface area contributed by atoms with Crippen LogP contribution in [0.2, 0.25) is 0 Å². The summed E-state index contributed by atoms with van der Waals surface area (Å²) in [6.45, 7) is 11.5. The molecule has 0 spiro atoms. The molecule has 1 fully saturated rings. The van der Waals surface area contributed by atoms with Crippen LogP contribution < -0.4 is 5.73 Å². The van der Waals surface area contributed by atoms with Gasteiger partial charge in [-0.1, -0.05) is 20.8 Å². The lowest BCUT2D eigenvalue weighted by atomic mass is 9.76. The van der Waals surface area contributed by atoms with E-state index < -0.39 is 0 Å². The molecule has 0 radical (unpaired) electrons. The number of rotatable bonds is 7. The van der Waals surface area contributed by atoms with Gasteiger partial charge in [0.15, 0.2) is 0 Å². The summed E-state index contributed by atoms with van der Waals surface area (Å²) in [6.07, 6.45) is 6.67. The summed E-state index contributed by atoms with van der Waals surface area (Å²) < 4.78 is 5.42. The molecule has 0 aromatic rings. The van der Waals surface area contributed by atoms with Crippen LogP contribution in [0.3, 0.4) is 0 Å². The van der Waals surface area contributed by atoms with E-state index in [1.165, 1.54) is 45.3 Å².